The Hall–Kier alpha value is -2.02. The molecule has 1 aromatic carbocycles. The SMILES string of the molecule is CCOC(=O)C1CC1.FC1CC(c2ccccc2)n2[nH]c(=S)nc21. The van der Waals surface area contributed by atoms with Crippen LogP contribution in [0.1, 0.15) is 49.8 Å². The minimum absolute atomic E-state index is 0.00694. The Balaban J connectivity index is 0.000000179. The van der Waals surface area contributed by atoms with Gasteiger partial charge >= 0.3 is 5.97 Å². The first-order valence-corrected chi connectivity index (χ1v) is 8.55. The normalized spacial score (nSPS) is 21.6. The zero-order valence-corrected chi connectivity index (χ0v) is 14.3. The number of aromatic amines is 1. The quantitative estimate of drug-likeness (QED) is 0.674. The number of esters is 1. The third-order valence-corrected chi connectivity index (χ3v) is 4.27. The average Bonchev–Trinajstić information content (AvgIpc) is 3.30. The molecule has 1 fully saturated rings. The maximum Gasteiger partial charge on any atom is 0.308 e. The summed E-state index contributed by atoms with van der Waals surface area (Å²) >= 11 is 4.92. The molecule has 0 amide bonds. The van der Waals surface area contributed by atoms with Crippen molar-refractivity contribution in [2.45, 2.75) is 38.4 Å². The number of carbonyl (C=O) groups is 1. The van der Waals surface area contributed by atoms with Gasteiger partial charge in [0.2, 0.25) is 4.77 Å². The highest BCUT2D eigenvalue weighted by Crippen LogP contribution is 2.38. The first kappa shape index (κ1) is 16.8. The largest absolute Gasteiger partial charge is 0.466 e. The fraction of sp³-hybridized carbons (Fsp3) is 0.471. The number of halogens is 1. The molecule has 1 N–H and O–H groups in total. The van der Waals surface area contributed by atoms with Gasteiger partial charge in [-0.15, -0.1) is 0 Å². The number of alkyl halides is 1. The summed E-state index contributed by atoms with van der Waals surface area (Å²) in [5.41, 5.74) is 1.08. The maximum absolute atomic E-state index is 13.7. The summed E-state index contributed by atoms with van der Waals surface area (Å²) < 4.78 is 20.5. The monoisotopic (exact) mass is 349 g/mol. The van der Waals surface area contributed by atoms with Crippen LogP contribution in [0.3, 0.4) is 0 Å². The number of aromatic nitrogens is 3. The lowest BCUT2D eigenvalue weighted by Gasteiger charge is -2.11. The van der Waals surface area contributed by atoms with Gasteiger partial charge in [0.1, 0.15) is 0 Å². The molecule has 0 saturated heterocycles. The minimum Gasteiger partial charge on any atom is -0.466 e. The second-order valence-corrected chi connectivity index (χ2v) is 6.30. The van der Waals surface area contributed by atoms with Crippen molar-refractivity contribution in [3.05, 3.63) is 46.5 Å². The summed E-state index contributed by atoms with van der Waals surface area (Å²) in [5, 5.41) is 2.92. The zero-order valence-electron chi connectivity index (χ0n) is 13.4. The van der Waals surface area contributed by atoms with Gasteiger partial charge in [0.05, 0.1) is 18.6 Å². The molecule has 0 bridgehead atoms. The Bertz CT molecular complexity index is 755. The summed E-state index contributed by atoms with van der Waals surface area (Å²) in [6.07, 6.45) is 1.48. The summed E-state index contributed by atoms with van der Waals surface area (Å²) in [4.78, 5) is 14.6. The van der Waals surface area contributed by atoms with E-state index < -0.39 is 6.17 Å². The summed E-state index contributed by atoms with van der Waals surface area (Å²) in [5.74, 6) is 0.668. The molecule has 0 radical (unpaired) electrons. The highest BCUT2D eigenvalue weighted by molar-refractivity contribution is 7.71. The zero-order chi connectivity index (χ0) is 17.1. The standard InChI is InChI=1S/C11H10FN3S.C6H10O2/c12-8-6-9(7-4-2-1-3-5-7)15-10(8)13-11(16)14-15;1-2-8-6(7)5-3-4-5/h1-5,8-9H,6H2,(H,14,16);5H,2-4H2,1H3. The third kappa shape index (κ3) is 3.72. The minimum atomic E-state index is -1.03. The summed E-state index contributed by atoms with van der Waals surface area (Å²) in [7, 11) is 0. The highest BCUT2D eigenvalue weighted by atomic mass is 32.1. The number of H-pyrrole nitrogens is 1. The van der Waals surface area contributed by atoms with Crippen LogP contribution < -0.4 is 0 Å². The van der Waals surface area contributed by atoms with E-state index in [-0.39, 0.29) is 17.9 Å². The van der Waals surface area contributed by atoms with Gasteiger partial charge in [-0.2, -0.15) is 0 Å². The van der Waals surface area contributed by atoms with Gasteiger partial charge in [0, 0.05) is 6.42 Å². The van der Waals surface area contributed by atoms with E-state index in [1.807, 2.05) is 37.3 Å². The number of nitrogens with zero attached hydrogens (tertiary/aromatic N) is 2. The fourth-order valence-corrected chi connectivity index (χ4v) is 2.94. The maximum atomic E-state index is 13.7. The first-order valence-electron chi connectivity index (χ1n) is 8.14. The van der Waals surface area contributed by atoms with Gasteiger partial charge in [0.25, 0.3) is 0 Å². The number of hydrogen-bond acceptors (Lipinski definition) is 4. The lowest BCUT2D eigenvalue weighted by molar-refractivity contribution is -0.144. The molecular weight excluding hydrogens is 329 g/mol. The lowest BCUT2D eigenvalue weighted by Crippen LogP contribution is -2.06. The van der Waals surface area contributed by atoms with Crippen molar-refractivity contribution in [2.24, 2.45) is 5.92 Å². The second-order valence-electron chi connectivity index (χ2n) is 5.91. The molecular formula is C17H20FN3O2S. The molecule has 2 aliphatic rings. The van der Waals surface area contributed by atoms with E-state index >= 15 is 0 Å². The molecule has 2 aromatic rings. The van der Waals surface area contributed by atoms with Gasteiger partial charge in [-0.25, -0.2) is 9.37 Å². The lowest BCUT2D eigenvalue weighted by atomic mass is 10.0. The van der Waals surface area contributed by atoms with E-state index in [0.717, 1.165) is 18.4 Å². The van der Waals surface area contributed by atoms with Crippen LogP contribution in [0.2, 0.25) is 0 Å². The van der Waals surface area contributed by atoms with Gasteiger partial charge in [-0.3, -0.25) is 14.6 Å². The smallest absolute Gasteiger partial charge is 0.308 e. The van der Waals surface area contributed by atoms with E-state index in [0.29, 0.717) is 23.6 Å². The molecule has 2 unspecified atom stereocenters. The van der Waals surface area contributed by atoms with Crippen LogP contribution in [0.5, 0.6) is 0 Å². The van der Waals surface area contributed by atoms with Crippen LogP contribution in [0.4, 0.5) is 4.39 Å². The van der Waals surface area contributed by atoms with E-state index in [1.54, 1.807) is 4.68 Å². The van der Waals surface area contributed by atoms with Crippen molar-refractivity contribution in [2.75, 3.05) is 6.61 Å². The second kappa shape index (κ2) is 7.25. The molecule has 1 saturated carbocycles. The molecule has 24 heavy (non-hydrogen) atoms. The van der Waals surface area contributed by atoms with Crippen molar-refractivity contribution < 1.29 is 13.9 Å². The summed E-state index contributed by atoms with van der Waals surface area (Å²) in [6.45, 7) is 2.36. The Morgan fingerprint density at radius 3 is 2.75 bits per heavy atom. The van der Waals surface area contributed by atoms with Crippen LogP contribution in [-0.2, 0) is 9.53 Å². The molecule has 128 valence electrons. The molecule has 0 spiro atoms. The van der Waals surface area contributed by atoms with Gasteiger partial charge in [0.15, 0.2) is 12.0 Å². The molecule has 1 aliphatic carbocycles. The van der Waals surface area contributed by atoms with Gasteiger partial charge in [-0.1, -0.05) is 30.3 Å². The molecule has 5 nitrogen and oxygen atoms in total. The third-order valence-electron chi connectivity index (χ3n) is 4.08. The Morgan fingerprint density at radius 2 is 2.12 bits per heavy atom. The number of benzene rings is 1. The number of hydrogen-bond donors (Lipinski definition) is 1. The van der Waals surface area contributed by atoms with E-state index in [4.69, 9.17) is 17.0 Å². The number of nitrogens with one attached hydrogen (secondary N) is 1. The van der Waals surface area contributed by atoms with E-state index in [1.165, 1.54) is 0 Å². The van der Waals surface area contributed by atoms with Crippen LogP contribution in [0.25, 0.3) is 0 Å². The van der Waals surface area contributed by atoms with Gasteiger partial charge < -0.3 is 4.74 Å². The van der Waals surface area contributed by atoms with E-state index in [2.05, 4.69) is 10.1 Å². The molecule has 7 heteroatoms. The highest BCUT2D eigenvalue weighted by Gasteiger charge is 2.33. The number of carbonyl (C=O) groups excluding carboxylic acids is 1. The average molecular weight is 349 g/mol. The van der Waals surface area contributed by atoms with Crippen LogP contribution in [-0.4, -0.2) is 27.3 Å². The van der Waals surface area contributed by atoms with Crippen LogP contribution in [0.15, 0.2) is 30.3 Å². The molecule has 1 aromatic heterocycles. The Kier molecular flexibility index (Phi) is 5.08. The van der Waals surface area contributed by atoms with Crippen LogP contribution >= 0.6 is 12.2 Å². The predicted octanol–water partition coefficient (Wildman–Crippen LogP) is 3.90. The number of rotatable bonds is 3. The van der Waals surface area contributed by atoms with E-state index in [9.17, 15) is 9.18 Å². The molecule has 4 rings (SSSR count). The summed E-state index contributed by atoms with van der Waals surface area (Å²) in [6, 6.07) is 9.81. The molecule has 1 aliphatic heterocycles. The van der Waals surface area contributed by atoms with Crippen molar-refractivity contribution in [3.63, 3.8) is 0 Å². The van der Waals surface area contributed by atoms with Crippen molar-refractivity contribution in [1.29, 1.82) is 0 Å². The Labute approximate surface area is 144 Å². The topological polar surface area (TPSA) is 59.9 Å². The molecule has 2 heterocycles. The van der Waals surface area contributed by atoms with Crippen molar-refractivity contribution >= 4 is 18.2 Å². The van der Waals surface area contributed by atoms with Crippen molar-refractivity contribution in [1.82, 2.24) is 14.8 Å². The van der Waals surface area contributed by atoms with Gasteiger partial charge in [-0.05, 0) is 37.5 Å². The number of ether oxygens (including phenoxy) is 1. The number of fused-ring (bicyclic) bond motifs is 1. The fourth-order valence-electron chi connectivity index (χ4n) is 2.75. The predicted molar refractivity (Wildman–Crippen MR) is 89.8 cm³/mol. The molecule has 2 atom stereocenters. The first-order chi connectivity index (χ1) is 11.6. The van der Waals surface area contributed by atoms with Crippen molar-refractivity contribution in [3.8, 4) is 0 Å². The Morgan fingerprint density at radius 1 is 1.42 bits per heavy atom. The van der Waals surface area contributed by atoms with Crippen LogP contribution in [0, 0.1) is 10.7 Å².